The van der Waals surface area contributed by atoms with E-state index in [2.05, 4.69) is 30.7 Å². The summed E-state index contributed by atoms with van der Waals surface area (Å²) in [6, 6.07) is 2.58. The second kappa shape index (κ2) is 5.40. The van der Waals surface area contributed by atoms with Crippen molar-refractivity contribution in [2.75, 3.05) is 0 Å². The summed E-state index contributed by atoms with van der Waals surface area (Å²) in [7, 11) is 0. The lowest BCUT2D eigenvalue weighted by molar-refractivity contribution is 0.417. The first-order chi connectivity index (χ1) is 6.24. The minimum Gasteiger partial charge on any atom is -0.327 e. The Morgan fingerprint density at radius 2 is 2.31 bits per heavy atom. The molecule has 74 valence electrons. The Balaban J connectivity index is 2.26. The highest BCUT2D eigenvalue weighted by molar-refractivity contribution is 7.07. The van der Waals surface area contributed by atoms with E-state index in [1.807, 2.05) is 0 Å². The highest BCUT2D eigenvalue weighted by Crippen LogP contribution is 2.15. The van der Waals surface area contributed by atoms with Gasteiger partial charge in [-0.15, -0.1) is 0 Å². The standard InChI is InChI=1S/C11H19NS/c1-3-11(12)9(2)4-5-10-6-7-13-8-10/h6-9,11H,3-5,12H2,1-2H3. The lowest BCUT2D eigenvalue weighted by atomic mass is 9.94. The smallest absolute Gasteiger partial charge is 0.00620 e. The number of nitrogens with two attached hydrogens (primary N) is 1. The molecule has 0 radical (unpaired) electrons. The summed E-state index contributed by atoms with van der Waals surface area (Å²) in [6.07, 6.45) is 3.48. The van der Waals surface area contributed by atoms with Gasteiger partial charge in [-0.3, -0.25) is 0 Å². The Morgan fingerprint density at radius 1 is 1.54 bits per heavy atom. The van der Waals surface area contributed by atoms with E-state index in [9.17, 15) is 0 Å². The van der Waals surface area contributed by atoms with Gasteiger partial charge in [-0.1, -0.05) is 13.8 Å². The highest BCUT2D eigenvalue weighted by atomic mass is 32.1. The lowest BCUT2D eigenvalue weighted by Gasteiger charge is -2.17. The van der Waals surface area contributed by atoms with E-state index in [1.165, 1.54) is 18.4 Å². The molecule has 1 aromatic heterocycles. The molecule has 0 spiro atoms. The maximum atomic E-state index is 5.96. The molecule has 2 heteroatoms. The van der Waals surface area contributed by atoms with Gasteiger partial charge in [0.05, 0.1) is 0 Å². The van der Waals surface area contributed by atoms with Crippen LogP contribution in [0.4, 0.5) is 0 Å². The fourth-order valence-electron chi connectivity index (χ4n) is 1.45. The van der Waals surface area contributed by atoms with Crippen molar-refractivity contribution >= 4 is 11.3 Å². The first-order valence-electron chi connectivity index (χ1n) is 5.00. The molecule has 0 saturated heterocycles. The summed E-state index contributed by atoms with van der Waals surface area (Å²) in [5, 5.41) is 4.37. The minimum atomic E-state index is 0.374. The molecule has 0 saturated carbocycles. The molecule has 0 amide bonds. The van der Waals surface area contributed by atoms with Crippen LogP contribution in [0, 0.1) is 5.92 Å². The van der Waals surface area contributed by atoms with Crippen LogP contribution >= 0.6 is 11.3 Å². The van der Waals surface area contributed by atoms with Gasteiger partial charge in [0.25, 0.3) is 0 Å². The van der Waals surface area contributed by atoms with Crippen LogP contribution in [0.1, 0.15) is 32.3 Å². The summed E-state index contributed by atoms with van der Waals surface area (Å²) >= 11 is 1.77. The summed E-state index contributed by atoms with van der Waals surface area (Å²) < 4.78 is 0. The van der Waals surface area contributed by atoms with Crippen LogP contribution in [0.3, 0.4) is 0 Å². The first kappa shape index (κ1) is 10.7. The largest absolute Gasteiger partial charge is 0.327 e. The average Bonchev–Trinajstić information content (AvgIpc) is 2.65. The molecule has 0 aliphatic carbocycles. The molecule has 0 aliphatic heterocycles. The van der Waals surface area contributed by atoms with Gasteiger partial charge >= 0.3 is 0 Å². The van der Waals surface area contributed by atoms with Crippen LogP contribution in [0.2, 0.25) is 0 Å². The topological polar surface area (TPSA) is 26.0 Å². The normalized spacial score (nSPS) is 15.6. The van der Waals surface area contributed by atoms with Crippen LogP contribution in [0.15, 0.2) is 16.8 Å². The molecule has 2 unspecified atom stereocenters. The summed E-state index contributed by atoms with van der Waals surface area (Å²) in [5.74, 6) is 0.643. The molecule has 0 aliphatic rings. The van der Waals surface area contributed by atoms with Gasteiger partial charge in [0, 0.05) is 6.04 Å². The summed E-state index contributed by atoms with van der Waals surface area (Å²) in [4.78, 5) is 0. The second-order valence-electron chi connectivity index (χ2n) is 3.72. The molecule has 13 heavy (non-hydrogen) atoms. The Kier molecular flexibility index (Phi) is 4.46. The van der Waals surface area contributed by atoms with Gasteiger partial charge in [0.1, 0.15) is 0 Å². The lowest BCUT2D eigenvalue weighted by Crippen LogP contribution is -2.27. The van der Waals surface area contributed by atoms with E-state index in [0.717, 1.165) is 6.42 Å². The number of aryl methyl sites for hydroxylation is 1. The van der Waals surface area contributed by atoms with Crippen molar-refractivity contribution in [3.63, 3.8) is 0 Å². The van der Waals surface area contributed by atoms with Crippen molar-refractivity contribution in [2.45, 2.75) is 39.2 Å². The predicted molar refractivity (Wildman–Crippen MR) is 60.1 cm³/mol. The number of hydrogen-bond donors (Lipinski definition) is 1. The SMILES string of the molecule is CCC(N)C(C)CCc1ccsc1. The molecule has 0 aromatic carbocycles. The zero-order valence-corrected chi connectivity index (χ0v) is 9.31. The van der Waals surface area contributed by atoms with E-state index in [4.69, 9.17) is 5.73 Å². The molecular formula is C11H19NS. The second-order valence-corrected chi connectivity index (χ2v) is 4.50. The third-order valence-electron chi connectivity index (χ3n) is 2.67. The minimum absolute atomic E-state index is 0.374. The van der Waals surface area contributed by atoms with Crippen LogP contribution in [0.25, 0.3) is 0 Å². The van der Waals surface area contributed by atoms with Gasteiger partial charge in [-0.2, -0.15) is 11.3 Å². The molecule has 1 aromatic rings. The molecule has 0 fully saturated rings. The molecule has 1 heterocycles. The van der Waals surface area contributed by atoms with Crippen LogP contribution in [-0.2, 0) is 6.42 Å². The zero-order valence-electron chi connectivity index (χ0n) is 8.49. The van der Waals surface area contributed by atoms with Crippen molar-refractivity contribution in [1.82, 2.24) is 0 Å². The third kappa shape index (κ3) is 3.49. The number of hydrogen-bond acceptors (Lipinski definition) is 2. The summed E-state index contributed by atoms with van der Waals surface area (Å²) in [6.45, 7) is 4.41. The van der Waals surface area contributed by atoms with E-state index in [-0.39, 0.29) is 0 Å². The fourth-order valence-corrected chi connectivity index (χ4v) is 2.15. The van der Waals surface area contributed by atoms with Crippen LogP contribution in [0.5, 0.6) is 0 Å². The van der Waals surface area contributed by atoms with Crippen molar-refractivity contribution in [1.29, 1.82) is 0 Å². The monoisotopic (exact) mass is 197 g/mol. The van der Waals surface area contributed by atoms with Gasteiger partial charge in [-0.25, -0.2) is 0 Å². The van der Waals surface area contributed by atoms with Gasteiger partial charge in [0.2, 0.25) is 0 Å². The predicted octanol–water partition coefficient (Wildman–Crippen LogP) is 3.05. The first-order valence-corrected chi connectivity index (χ1v) is 5.95. The Labute approximate surface area is 85.0 Å². The van der Waals surface area contributed by atoms with Crippen LogP contribution in [-0.4, -0.2) is 6.04 Å². The van der Waals surface area contributed by atoms with Crippen molar-refractivity contribution < 1.29 is 0 Å². The van der Waals surface area contributed by atoms with E-state index in [0.29, 0.717) is 12.0 Å². The van der Waals surface area contributed by atoms with E-state index >= 15 is 0 Å². The van der Waals surface area contributed by atoms with Gasteiger partial charge in [0.15, 0.2) is 0 Å². The van der Waals surface area contributed by atoms with Crippen molar-refractivity contribution in [2.24, 2.45) is 11.7 Å². The zero-order chi connectivity index (χ0) is 9.68. The maximum absolute atomic E-state index is 5.96. The molecule has 2 N–H and O–H groups in total. The Morgan fingerprint density at radius 3 is 2.85 bits per heavy atom. The van der Waals surface area contributed by atoms with Crippen molar-refractivity contribution in [3.8, 4) is 0 Å². The van der Waals surface area contributed by atoms with Gasteiger partial charge in [-0.05, 0) is 47.6 Å². The molecule has 2 atom stereocenters. The maximum Gasteiger partial charge on any atom is 0.00620 e. The Bertz CT molecular complexity index is 218. The van der Waals surface area contributed by atoms with Crippen LogP contribution < -0.4 is 5.73 Å². The molecular weight excluding hydrogens is 178 g/mol. The van der Waals surface area contributed by atoms with Crippen molar-refractivity contribution in [3.05, 3.63) is 22.4 Å². The third-order valence-corrected chi connectivity index (χ3v) is 3.40. The highest BCUT2D eigenvalue weighted by Gasteiger charge is 2.10. The molecule has 1 rings (SSSR count). The Hall–Kier alpha value is -0.340. The summed E-state index contributed by atoms with van der Waals surface area (Å²) in [5.41, 5.74) is 7.42. The molecule has 0 bridgehead atoms. The van der Waals surface area contributed by atoms with E-state index < -0.39 is 0 Å². The van der Waals surface area contributed by atoms with E-state index in [1.54, 1.807) is 11.3 Å². The number of thiophene rings is 1. The van der Waals surface area contributed by atoms with Gasteiger partial charge < -0.3 is 5.73 Å². The molecule has 1 nitrogen and oxygen atoms in total. The number of rotatable bonds is 5. The average molecular weight is 197 g/mol. The quantitative estimate of drug-likeness (QED) is 0.771. The fraction of sp³-hybridized carbons (Fsp3) is 0.636.